The van der Waals surface area contributed by atoms with Gasteiger partial charge in [-0.15, -0.1) is 0 Å². The number of hydrogen-bond donors (Lipinski definition) is 0. The van der Waals surface area contributed by atoms with Crippen molar-refractivity contribution in [2.45, 2.75) is 20.0 Å². The van der Waals surface area contributed by atoms with Crippen molar-refractivity contribution in [1.82, 2.24) is 0 Å². The van der Waals surface area contributed by atoms with Crippen LogP contribution in [0.3, 0.4) is 0 Å². The monoisotopic (exact) mass is 86.1 g/mol. The molecule has 0 atom stereocenters. The molecule has 0 aliphatic rings. The Kier molecular flexibility index (Phi) is 2.72. The van der Waals surface area contributed by atoms with E-state index in [0.717, 1.165) is 0 Å². The molecule has 0 saturated heterocycles. The molecule has 0 aliphatic carbocycles. The zero-order valence-electron chi connectivity index (χ0n) is 3.97. The molecule has 0 radical (unpaired) electrons. The first kappa shape index (κ1) is 5.66. The normalized spacial score (nSPS) is 7.83. The molecule has 0 N–H and O–H groups in total. The summed E-state index contributed by atoms with van der Waals surface area (Å²) in [6, 6.07) is 0. The Hall–Kier alpha value is -0.335. The van der Waals surface area contributed by atoms with E-state index in [2.05, 4.69) is 4.65 Å². The van der Waals surface area contributed by atoms with Gasteiger partial charge in [-0.1, -0.05) is 0 Å². The van der Waals surface area contributed by atoms with E-state index in [9.17, 15) is 4.70 Å². The molecule has 0 aromatic rings. The van der Waals surface area contributed by atoms with E-state index in [1.807, 2.05) is 0 Å². The van der Waals surface area contributed by atoms with Crippen LogP contribution in [0.15, 0.2) is 0 Å². The van der Waals surface area contributed by atoms with Gasteiger partial charge < -0.3 is 0 Å². The van der Waals surface area contributed by atoms with Crippen molar-refractivity contribution in [2.24, 2.45) is 0 Å². The van der Waals surface area contributed by atoms with Gasteiger partial charge in [-0.2, -0.15) is 0 Å². The molecule has 0 bridgehead atoms. The van der Waals surface area contributed by atoms with Gasteiger partial charge in [0.05, 0.1) is 0 Å². The van der Waals surface area contributed by atoms with Gasteiger partial charge in [0.15, 0.2) is 0 Å². The Balaban J connectivity index is 2.81. The Morgan fingerprint density at radius 2 is 2.17 bits per heavy atom. The molecule has 0 rings (SSSR count). The van der Waals surface area contributed by atoms with Gasteiger partial charge >= 0.3 is 36.7 Å². The maximum atomic E-state index is 9.39. The molecule has 34 valence electrons. The molecule has 0 fully saturated rings. The molecule has 6 heavy (non-hydrogen) atoms. The van der Waals surface area contributed by atoms with Gasteiger partial charge in [-0.25, -0.2) is 0 Å². The first-order chi connectivity index (χ1) is 2.77. The predicted octanol–water partition coefficient (Wildman–Crippen LogP) is 0.376. The van der Waals surface area contributed by atoms with E-state index in [4.69, 9.17) is 0 Å². The van der Waals surface area contributed by atoms with Crippen LogP contribution < -0.4 is 0 Å². The topological polar surface area (TPSA) is 26.3 Å². The zero-order valence-corrected chi connectivity index (χ0v) is 3.97. The van der Waals surface area contributed by atoms with E-state index in [-0.39, 0.29) is 6.10 Å². The standard InChI is InChI=1S/C3H7BO2/c1-3(2)6-4-5/h3H,1-2H3. The van der Waals surface area contributed by atoms with E-state index in [0.29, 0.717) is 7.35 Å². The third-order valence-electron chi connectivity index (χ3n) is 0.328. The van der Waals surface area contributed by atoms with Gasteiger partial charge in [-0.3, -0.25) is 0 Å². The SMILES string of the molecule is CC(C)OB=O. The number of hydrogen-bond acceptors (Lipinski definition) is 2. The molecule has 0 amide bonds. The van der Waals surface area contributed by atoms with Crippen molar-refractivity contribution >= 4 is 7.35 Å². The van der Waals surface area contributed by atoms with Crippen molar-refractivity contribution in [2.75, 3.05) is 0 Å². The maximum absolute atomic E-state index is 9.39. The summed E-state index contributed by atoms with van der Waals surface area (Å²) in [4.78, 5) is 0. The van der Waals surface area contributed by atoms with E-state index in [1.54, 1.807) is 13.8 Å². The van der Waals surface area contributed by atoms with E-state index >= 15 is 0 Å². The van der Waals surface area contributed by atoms with E-state index in [1.165, 1.54) is 0 Å². The average Bonchev–Trinajstić information content (AvgIpc) is 1.35. The molecule has 0 aromatic heterocycles. The summed E-state index contributed by atoms with van der Waals surface area (Å²) in [5.74, 6) is 0. The van der Waals surface area contributed by atoms with Crippen LogP contribution in [0.4, 0.5) is 0 Å². The summed E-state index contributed by atoms with van der Waals surface area (Å²) in [6.07, 6.45) is 0.0301. The summed E-state index contributed by atoms with van der Waals surface area (Å²) in [6.45, 7) is 3.60. The molecule has 0 saturated carbocycles. The van der Waals surface area contributed by atoms with Crippen LogP contribution in [0.1, 0.15) is 13.8 Å². The first-order valence-electron chi connectivity index (χ1n) is 1.86. The van der Waals surface area contributed by atoms with Crippen molar-refractivity contribution in [3.8, 4) is 0 Å². The molecule has 0 heterocycles. The summed E-state index contributed by atoms with van der Waals surface area (Å²) >= 11 is 0. The minimum absolute atomic E-state index is 0.0301. The van der Waals surface area contributed by atoms with Crippen molar-refractivity contribution < 1.29 is 9.36 Å². The molecular weight excluding hydrogens is 78.8 g/mol. The third-order valence-corrected chi connectivity index (χ3v) is 0.328. The fourth-order valence-corrected chi connectivity index (χ4v) is 0.111. The van der Waals surface area contributed by atoms with Crippen LogP contribution in [0, 0.1) is 0 Å². The summed E-state index contributed by atoms with van der Waals surface area (Å²) in [5, 5.41) is 0. The minimum atomic E-state index is 0.0301. The molecule has 0 aromatic carbocycles. The van der Waals surface area contributed by atoms with Gasteiger partial charge in [0.2, 0.25) is 0 Å². The van der Waals surface area contributed by atoms with E-state index < -0.39 is 0 Å². The van der Waals surface area contributed by atoms with Crippen molar-refractivity contribution in [3.63, 3.8) is 0 Å². The Morgan fingerprint density at radius 1 is 1.67 bits per heavy atom. The summed E-state index contributed by atoms with van der Waals surface area (Å²) in [7, 11) is 0.449. The fraction of sp³-hybridized carbons (Fsp3) is 1.00. The van der Waals surface area contributed by atoms with Crippen LogP contribution in [0.2, 0.25) is 0 Å². The van der Waals surface area contributed by atoms with Gasteiger partial charge in [0.25, 0.3) is 0 Å². The number of rotatable bonds is 2. The molecule has 2 nitrogen and oxygen atoms in total. The fourth-order valence-electron chi connectivity index (χ4n) is 0.111. The first-order valence-corrected chi connectivity index (χ1v) is 1.86. The van der Waals surface area contributed by atoms with Crippen LogP contribution in [-0.2, 0) is 9.36 Å². The Labute approximate surface area is 37.8 Å². The quantitative estimate of drug-likeness (QED) is 0.454. The van der Waals surface area contributed by atoms with Crippen LogP contribution in [0.25, 0.3) is 0 Å². The second-order valence-electron chi connectivity index (χ2n) is 1.28. The summed E-state index contributed by atoms with van der Waals surface area (Å²) in [5.41, 5.74) is 0. The van der Waals surface area contributed by atoms with Gasteiger partial charge in [0.1, 0.15) is 0 Å². The van der Waals surface area contributed by atoms with Crippen molar-refractivity contribution in [1.29, 1.82) is 0 Å². The Morgan fingerprint density at radius 3 is 2.17 bits per heavy atom. The third kappa shape index (κ3) is 3.66. The summed E-state index contributed by atoms with van der Waals surface area (Å²) < 4.78 is 13.8. The molecular formula is C3H7BO2. The van der Waals surface area contributed by atoms with Crippen molar-refractivity contribution in [3.05, 3.63) is 0 Å². The molecule has 0 unspecified atom stereocenters. The van der Waals surface area contributed by atoms with Crippen LogP contribution >= 0.6 is 0 Å². The molecule has 0 spiro atoms. The molecule has 0 aliphatic heterocycles. The van der Waals surface area contributed by atoms with Gasteiger partial charge in [0, 0.05) is 0 Å². The predicted molar refractivity (Wildman–Crippen MR) is 22.7 cm³/mol. The van der Waals surface area contributed by atoms with Gasteiger partial charge in [-0.05, 0) is 0 Å². The molecule has 3 heteroatoms. The second kappa shape index (κ2) is 2.88. The van der Waals surface area contributed by atoms with Crippen LogP contribution in [0.5, 0.6) is 0 Å². The average molecular weight is 85.9 g/mol. The van der Waals surface area contributed by atoms with Crippen LogP contribution in [-0.4, -0.2) is 13.5 Å². The Bertz CT molecular complexity index is 44.1. The second-order valence-corrected chi connectivity index (χ2v) is 1.28. The zero-order chi connectivity index (χ0) is 4.99.